The number of thiophene rings is 1. The molecule has 3 aromatic rings. The molecule has 1 aromatic carbocycles. The zero-order chi connectivity index (χ0) is 24.5. The van der Waals surface area contributed by atoms with E-state index in [-0.39, 0.29) is 28.7 Å². The molecule has 0 aliphatic carbocycles. The van der Waals surface area contributed by atoms with Gasteiger partial charge >= 0.3 is 12.4 Å². The summed E-state index contributed by atoms with van der Waals surface area (Å²) in [5, 5.41) is 1.61. The van der Waals surface area contributed by atoms with Crippen molar-refractivity contribution in [3.8, 4) is 5.75 Å². The van der Waals surface area contributed by atoms with Crippen LogP contribution in [0.5, 0.6) is 5.75 Å². The summed E-state index contributed by atoms with van der Waals surface area (Å²) < 4.78 is 68.5. The van der Waals surface area contributed by atoms with Gasteiger partial charge in [-0.15, -0.1) is 24.5 Å². The number of anilines is 2. The van der Waals surface area contributed by atoms with E-state index < -0.39 is 34.1 Å². The number of halogens is 3. The summed E-state index contributed by atoms with van der Waals surface area (Å²) in [6.45, 7) is -0.416. The molecule has 0 spiro atoms. The third-order valence-electron chi connectivity index (χ3n) is 4.64. The van der Waals surface area contributed by atoms with Crippen LogP contribution in [-0.2, 0) is 21.4 Å². The Kier molecular flexibility index (Phi) is 6.18. The lowest BCUT2D eigenvalue weighted by molar-refractivity contribution is -0.274. The first-order chi connectivity index (χ1) is 16.0. The zero-order valence-corrected chi connectivity index (χ0v) is 18.7. The highest BCUT2D eigenvalue weighted by atomic mass is 32.2. The number of hydrogen-bond donors (Lipinski definition) is 1. The van der Waals surface area contributed by atoms with Crippen LogP contribution in [0.4, 0.5) is 29.3 Å². The molecule has 178 valence electrons. The number of aromatic nitrogens is 1. The summed E-state index contributed by atoms with van der Waals surface area (Å²) in [4.78, 5) is 31.3. The molecule has 14 heteroatoms. The number of sulfonamides is 1. The van der Waals surface area contributed by atoms with Gasteiger partial charge in [0.05, 0.1) is 24.1 Å². The van der Waals surface area contributed by atoms with Crippen LogP contribution in [0.25, 0.3) is 0 Å². The molecule has 0 atom stereocenters. The smallest absolute Gasteiger partial charge is 0.406 e. The van der Waals surface area contributed by atoms with E-state index in [4.69, 9.17) is 0 Å². The minimum absolute atomic E-state index is 0.0698. The Balaban J connectivity index is 1.51. The lowest BCUT2D eigenvalue weighted by Gasteiger charge is -2.19. The maximum absolute atomic E-state index is 12.9. The average Bonchev–Trinajstić information content (AvgIpc) is 3.39. The maximum atomic E-state index is 12.9. The van der Waals surface area contributed by atoms with E-state index in [0.717, 1.165) is 40.5 Å². The molecule has 1 N–H and O–H groups in total. The number of carbonyl (C=O) groups is 2. The molecule has 1 saturated heterocycles. The quantitative estimate of drug-likeness (QED) is 0.483. The average molecular weight is 512 g/mol. The van der Waals surface area contributed by atoms with E-state index in [1.54, 1.807) is 11.4 Å². The molecule has 0 unspecified atom stereocenters. The summed E-state index contributed by atoms with van der Waals surface area (Å²) in [5.41, 5.74) is 0.607. The van der Waals surface area contributed by atoms with Gasteiger partial charge in [-0.25, -0.2) is 18.1 Å². The summed E-state index contributed by atoms with van der Waals surface area (Å²) >= 11 is 1.03. The molecule has 4 rings (SSSR count). The van der Waals surface area contributed by atoms with Gasteiger partial charge < -0.3 is 9.64 Å². The minimum Gasteiger partial charge on any atom is -0.406 e. The highest BCUT2D eigenvalue weighted by Crippen LogP contribution is 2.29. The van der Waals surface area contributed by atoms with Gasteiger partial charge in [-0.3, -0.25) is 14.5 Å². The van der Waals surface area contributed by atoms with E-state index in [9.17, 15) is 31.2 Å². The number of urea groups is 1. The number of carbonyl (C=O) groups excluding carboxylic acids is 2. The van der Waals surface area contributed by atoms with Crippen molar-refractivity contribution in [1.82, 2.24) is 9.88 Å². The maximum Gasteiger partial charge on any atom is 0.573 e. The second-order valence-corrected chi connectivity index (χ2v) is 9.84. The molecule has 0 saturated carbocycles. The van der Waals surface area contributed by atoms with Crippen LogP contribution in [0.2, 0.25) is 0 Å². The Bertz CT molecular complexity index is 1310. The van der Waals surface area contributed by atoms with Gasteiger partial charge in [-0.2, -0.15) is 0 Å². The number of hydrogen-bond acceptors (Lipinski definition) is 7. The molecular weight excluding hydrogens is 497 g/mol. The van der Waals surface area contributed by atoms with Gasteiger partial charge in [0.2, 0.25) is 0 Å². The van der Waals surface area contributed by atoms with E-state index in [0.29, 0.717) is 5.56 Å². The fourth-order valence-electron chi connectivity index (χ4n) is 3.19. The molecule has 1 fully saturated rings. The van der Waals surface area contributed by atoms with Crippen molar-refractivity contribution in [2.75, 3.05) is 16.2 Å². The summed E-state index contributed by atoms with van der Waals surface area (Å²) in [7, 11) is -3.87. The van der Waals surface area contributed by atoms with E-state index in [1.165, 1.54) is 29.4 Å². The number of imide groups is 1. The molecule has 3 heterocycles. The van der Waals surface area contributed by atoms with Crippen molar-refractivity contribution in [2.24, 2.45) is 0 Å². The van der Waals surface area contributed by atoms with Gasteiger partial charge in [-0.05, 0) is 47.3 Å². The number of pyridine rings is 1. The van der Waals surface area contributed by atoms with Crippen LogP contribution in [-0.4, -0.2) is 43.1 Å². The first kappa shape index (κ1) is 23.5. The second kappa shape index (κ2) is 8.95. The molecule has 1 aliphatic rings. The number of nitrogens with one attached hydrogen (secondary N) is 1. The SMILES string of the molecule is O=C1CN(Cc2ccncc2NS(=O)(=O)c2cccs2)C(=O)N1c1ccc(OC(F)(F)F)cc1. The largest absolute Gasteiger partial charge is 0.573 e. The van der Waals surface area contributed by atoms with Crippen LogP contribution < -0.4 is 14.4 Å². The number of nitrogens with zero attached hydrogens (tertiary/aromatic N) is 3. The van der Waals surface area contributed by atoms with Gasteiger partial charge in [0.15, 0.2) is 0 Å². The molecule has 1 aliphatic heterocycles. The normalized spacial score (nSPS) is 14.6. The lowest BCUT2D eigenvalue weighted by atomic mass is 10.2. The summed E-state index contributed by atoms with van der Waals surface area (Å²) in [6, 6.07) is 8.14. The second-order valence-electron chi connectivity index (χ2n) is 6.98. The Morgan fingerprint density at radius 3 is 2.50 bits per heavy atom. The monoisotopic (exact) mass is 512 g/mol. The van der Waals surface area contributed by atoms with Gasteiger partial charge in [-0.1, -0.05) is 6.07 Å². The standard InChI is InChI=1S/C20H15F3N4O5S2/c21-20(22,23)32-15-5-3-14(4-6-15)27-17(28)12-26(19(27)29)11-13-7-8-24-10-16(13)25-34(30,31)18-2-1-9-33-18/h1-10,25H,11-12H2. The predicted octanol–water partition coefficient (Wildman–Crippen LogP) is 3.81. The van der Waals surface area contributed by atoms with Crippen molar-refractivity contribution < 1.29 is 35.9 Å². The van der Waals surface area contributed by atoms with Crippen LogP contribution in [0, 0.1) is 0 Å². The fourth-order valence-corrected chi connectivity index (χ4v) is 5.27. The van der Waals surface area contributed by atoms with Crippen molar-refractivity contribution in [3.05, 3.63) is 65.8 Å². The number of benzene rings is 1. The van der Waals surface area contributed by atoms with Crippen LogP contribution in [0.3, 0.4) is 0 Å². The number of alkyl halides is 3. The number of rotatable bonds is 7. The molecular formula is C20H15F3N4O5S2. The van der Waals surface area contributed by atoms with Gasteiger partial charge in [0, 0.05) is 6.20 Å². The van der Waals surface area contributed by atoms with E-state index >= 15 is 0 Å². The van der Waals surface area contributed by atoms with E-state index in [2.05, 4.69) is 14.4 Å². The zero-order valence-electron chi connectivity index (χ0n) is 17.0. The molecule has 0 radical (unpaired) electrons. The Morgan fingerprint density at radius 2 is 1.85 bits per heavy atom. The first-order valence-corrected chi connectivity index (χ1v) is 11.9. The van der Waals surface area contributed by atoms with Crippen LogP contribution in [0.15, 0.2) is 64.4 Å². The number of ether oxygens (including phenoxy) is 1. The summed E-state index contributed by atoms with van der Waals surface area (Å²) in [6.07, 6.45) is -2.16. The fraction of sp³-hybridized carbons (Fsp3) is 0.150. The molecule has 2 aromatic heterocycles. The Hall–Kier alpha value is -3.65. The van der Waals surface area contributed by atoms with Crippen LogP contribution >= 0.6 is 11.3 Å². The molecule has 9 nitrogen and oxygen atoms in total. The third-order valence-corrected chi connectivity index (χ3v) is 7.41. The highest BCUT2D eigenvalue weighted by Gasteiger charge is 2.38. The minimum atomic E-state index is -4.87. The molecule has 0 bridgehead atoms. The highest BCUT2D eigenvalue weighted by molar-refractivity contribution is 7.94. The van der Waals surface area contributed by atoms with E-state index in [1.807, 2.05) is 0 Å². The first-order valence-electron chi connectivity index (χ1n) is 9.50. The topological polar surface area (TPSA) is 109 Å². The number of amides is 3. The van der Waals surface area contributed by atoms with Crippen molar-refractivity contribution >= 4 is 44.7 Å². The van der Waals surface area contributed by atoms with Crippen molar-refractivity contribution in [2.45, 2.75) is 17.1 Å². The summed E-state index contributed by atoms with van der Waals surface area (Å²) in [5.74, 6) is -1.09. The van der Waals surface area contributed by atoms with Crippen LogP contribution in [0.1, 0.15) is 5.56 Å². The Labute approximate surface area is 195 Å². The van der Waals surface area contributed by atoms with Crippen molar-refractivity contribution in [3.63, 3.8) is 0 Å². The van der Waals surface area contributed by atoms with Gasteiger partial charge in [0.1, 0.15) is 16.5 Å². The predicted molar refractivity (Wildman–Crippen MR) is 116 cm³/mol. The molecule has 34 heavy (non-hydrogen) atoms. The van der Waals surface area contributed by atoms with Gasteiger partial charge in [0.25, 0.3) is 15.9 Å². The third kappa shape index (κ3) is 5.12. The molecule has 3 amide bonds. The Morgan fingerprint density at radius 1 is 1.12 bits per heavy atom. The lowest BCUT2D eigenvalue weighted by Crippen LogP contribution is -2.33. The van der Waals surface area contributed by atoms with Crippen molar-refractivity contribution in [1.29, 1.82) is 0 Å².